The summed E-state index contributed by atoms with van der Waals surface area (Å²) < 4.78 is 2.24. The van der Waals surface area contributed by atoms with Crippen LogP contribution in [0.4, 0.5) is 0 Å². The molecule has 0 spiro atoms. The van der Waals surface area contributed by atoms with Gasteiger partial charge in [-0.25, -0.2) is 0 Å². The Morgan fingerprint density at radius 3 is 2.53 bits per heavy atom. The van der Waals surface area contributed by atoms with Crippen LogP contribution >= 0.6 is 11.6 Å². The zero-order valence-corrected chi connectivity index (χ0v) is 17.8. The number of halogens is 1. The highest BCUT2D eigenvalue weighted by atomic mass is 35.5. The van der Waals surface area contributed by atoms with Crippen LogP contribution in [0.1, 0.15) is 36.0 Å². The van der Waals surface area contributed by atoms with Crippen molar-refractivity contribution >= 4 is 28.4 Å². The van der Waals surface area contributed by atoms with Gasteiger partial charge in [-0.15, -0.1) is 0 Å². The van der Waals surface area contributed by atoms with Gasteiger partial charge in [0.2, 0.25) is 5.91 Å². The van der Waals surface area contributed by atoms with Crippen molar-refractivity contribution in [2.75, 3.05) is 0 Å². The first-order chi connectivity index (χ1) is 14.7. The van der Waals surface area contributed by atoms with Gasteiger partial charge in [-0.1, -0.05) is 72.3 Å². The number of para-hydroxylation sites is 1. The van der Waals surface area contributed by atoms with Crippen molar-refractivity contribution < 1.29 is 4.79 Å². The Kier molecular flexibility index (Phi) is 6.20. The zero-order valence-electron chi connectivity index (χ0n) is 17.0. The predicted octanol–water partition coefficient (Wildman–Crippen LogP) is 6.15. The van der Waals surface area contributed by atoms with E-state index in [1.165, 1.54) is 10.9 Å². The van der Waals surface area contributed by atoms with Gasteiger partial charge in [0, 0.05) is 47.6 Å². The van der Waals surface area contributed by atoms with Crippen LogP contribution in [0.3, 0.4) is 0 Å². The lowest BCUT2D eigenvalue weighted by Gasteiger charge is -2.18. The van der Waals surface area contributed by atoms with Crippen LogP contribution in [-0.4, -0.2) is 10.5 Å². The molecule has 4 rings (SSSR count). The number of hydrogen-bond donors (Lipinski definition) is 1. The van der Waals surface area contributed by atoms with Crippen molar-refractivity contribution in [3.8, 4) is 0 Å². The molecule has 1 amide bonds. The van der Waals surface area contributed by atoms with Crippen LogP contribution in [0, 0.1) is 0 Å². The van der Waals surface area contributed by atoms with E-state index in [0.717, 1.165) is 23.2 Å². The Morgan fingerprint density at radius 1 is 1.00 bits per heavy atom. The number of aromatic nitrogens is 1. The first kappa shape index (κ1) is 20.2. The van der Waals surface area contributed by atoms with Gasteiger partial charge in [0.25, 0.3) is 0 Å². The lowest BCUT2D eigenvalue weighted by atomic mass is 9.88. The van der Waals surface area contributed by atoms with Crippen LogP contribution in [0.25, 0.3) is 10.9 Å². The average molecular weight is 417 g/mol. The van der Waals surface area contributed by atoms with Gasteiger partial charge in [0.05, 0.1) is 0 Å². The summed E-state index contributed by atoms with van der Waals surface area (Å²) in [7, 11) is 0. The Morgan fingerprint density at radius 2 is 1.77 bits per heavy atom. The first-order valence-electron chi connectivity index (χ1n) is 10.3. The van der Waals surface area contributed by atoms with Crippen molar-refractivity contribution in [2.24, 2.45) is 0 Å². The minimum Gasteiger partial charge on any atom is -0.352 e. The number of rotatable bonds is 7. The summed E-state index contributed by atoms with van der Waals surface area (Å²) in [5, 5.41) is 4.94. The van der Waals surface area contributed by atoms with Crippen LogP contribution in [-0.2, 0) is 17.9 Å². The van der Waals surface area contributed by atoms with Gasteiger partial charge < -0.3 is 9.88 Å². The van der Waals surface area contributed by atoms with E-state index in [9.17, 15) is 4.79 Å². The van der Waals surface area contributed by atoms with E-state index in [-0.39, 0.29) is 11.8 Å². The number of hydrogen-bond acceptors (Lipinski definition) is 1. The Hall–Kier alpha value is -3.04. The van der Waals surface area contributed by atoms with Crippen LogP contribution < -0.4 is 5.32 Å². The molecule has 0 aliphatic rings. The molecule has 3 nitrogen and oxygen atoms in total. The van der Waals surface area contributed by atoms with Gasteiger partial charge in [-0.05, 0) is 41.8 Å². The molecule has 4 heteroatoms. The molecule has 0 saturated carbocycles. The molecule has 1 aromatic heterocycles. The second-order valence-corrected chi connectivity index (χ2v) is 7.90. The molecule has 1 heterocycles. The molecule has 1 N–H and O–H groups in total. The molecule has 152 valence electrons. The first-order valence-corrected chi connectivity index (χ1v) is 10.7. The minimum absolute atomic E-state index is 0.0251. The van der Waals surface area contributed by atoms with E-state index in [0.29, 0.717) is 18.0 Å². The van der Waals surface area contributed by atoms with Gasteiger partial charge >= 0.3 is 0 Å². The quantitative estimate of drug-likeness (QED) is 0.385. The highest BCUT2D eigenvalue weighted by Crippen LogP contribution is 2.35. The van der Waals surface area contributed by atoms with E-state index < -0.39 is 0 Å². The number of fused-ring (bicyclic) bond motifs is 1. The Bertz CT molecular complexity index is 1150. The molecule has 30 heavy (non-hydrogen) atoms. The third-order valence-corrected chi connectivity index (χ3v) is 5.74. The van der Waals surface area contributed by atoms with Gasteiger partial charge in [-0.3, -0.25) is 4.79 Å². The van der Waals surface area contributed by atoms with Crippen molar-refractivity contribution in [1.82, 2.24) is 9.88 Å². The lowest BCUT2D eigenvalue weighted by molar-refractivity contribution is -0.121. The molecule has 1 atom stereocenters. The number of aryl methyl sites for hydroxylation is 1. The minimum atomic E-state index is -0.0721. The lowest BCUT2D eigenvalue weighted by Crippen LogP contribution is -2.25. The van der Waals surface area contributed by atoms with Gasteiger partial charge in [-0.2, -0.15) is 0 Å². The largest absolute Gasteiger partial charge is 0.352 e. The monoisotopic (exact) mass is 416 g/mol. The molecular weight excluding hydrogens is 392 g/mol. The summed E-state index contributed by atoms with van der Waals surface area (Å²) in [4.78, 5) is 12.9. The zero-order chi connectivity index (χ0) is 20.9. The molecule has 0 fully saturated rings. The fraction of sp³-hybridized carbons (Fsp3) is 0.192. The molecule has 1 unspecified atom stereocenters. The van der Waals surface area contributed by atoms with E-state index in [1.54, 1.807) is 0 Å². The topological polar surface area (TPSA) is 34.0 Å². The summed E-state index contributed by atoms with van der Waals surface area (Å²) in [5.74, 6) is -0.0469. The maximum Gasteiger partial charge on any atom is 0.221 e. The van der Waals surface area contributed by atoms with Crippen molar-refractivity contribution in [2.45, 2.75) is 32.4 Å². The summed E-state index contributed by atoms with van der Waals surface area (Å²) in [6.07, 6.45) is 2.55. The van der Waals surface area contributed by atoms with E-state index >= 15 is 0 Å². The summed E-state index contributed by atoms with van der Waals surface area (Å²) in [6, 6.07) is 26.2. The van der Waals surface area contributed by atoms with E-state index in [1.807, 2.05) is 48.5 Å². The van der Waals surface area contributed by atoms with Crippen LogP contribution in [0.15, 0.2) is 85.1 Å². The number of nitrogens with one attached hydrogen (secondary N) is 1. The van der Waals surface area contributed by atoms with Crippen LogP contribution in [0.2, 0.25) is 5.02 Å². The SMILES string of the molecule is CCn1cc(C(CC(=O)NCc2ccccc2)c2cccc(Cl)c2)c2ccccc21. The summed E-state index contributed by atoms with van der Waals surface area (Å²) >= 11 is 6.30. The van der Waals surface area contributed by atoms with Crippen LogP contribution in [0.5, 0.6) is 0 Å². The normalized spacial score (nSPS) is 12.1. The third-order valence-electron chi connectivity index (χ3n) is 5.51. The fourth-order valence-electron chi connectivity index (χ4n) is 4.00. The van der Waals surface area contributed by atoms with Crippen molar-refractivity contribution in [3.63, 3.8) is 0 Å². The molecule has 0 saturated heterocycles. The number of benzene rings is 3. The maximum atomic E-state index is 12.9. The number of carbonyl (C=O) groups excluding carboxylic acids is 1. The second kappa shape index (κ2) is 9.19. The number of amides is 1. The maximum absolute atomic E-state index is 12.9. The Balaban J connectivity index is 1.67. The highest BCUT2D eigenvalue weighted by Gasteiger charge is 2.22. The third kappa shape index (κ3) is 4.42. The van der Waals surface area contributed by atoms with Crippen molar-refractivity contribution in [1.29, 1.82) is 0 Å². The number of nitrogens with zero attached hydrogens (tertiary/aromatic N) is 1. The summed E-state index contributed by atoms with van der Waals surface area (Å²) in [5.41, 5.74) is 4.49. The standard InChI is InChI=1S/C26H25ClN2O/c1-2-29-18-24(22-13-6-7-14-25(22)29)23(20-11-8-12-21(27)15-20)16-26(30)28-17-19-9-4-3-5-10-19/h3-15,18,23H,2,16-17H2,1H3,(H,28,30). The van der Waals surface area contributed by atoms with Gasteiger partial charge in [0.1, 0.15) is 0 Å². The smallest absolute Gasteiger partial charge is 0.221 e. The second-order valence-electron chi connectivity index (χ2n) is 7.46. The molecule has 0 aliphatic heterocycles. The molecular formula is C26H25ClN2O. The Labute approximate surface area is 182 Å². The number of carbonyl (C=O) groups is 1. The summed E-state index contributed by atoms with van der Waals surface area (Å²) in [6.45, 7) is 3.54. The predicted molar refractivity (Wildman–Crippen MR) is 124 cm³/mol. The fourth-order valence-corrected chi connectivity index (χ4v) is 4.20. The van der Waals surface area contributed by atoms with Crippen molar-refractivity contribution in [3.05, 3.63) is 107 Å². The molecule has 4 aromatic rings. The molecule has 0 bridgehead atoms. The highest BCUT2D eigenvalue weighted by molar-refractivity contribution is 6.30. The molecule has 0 radical (unpaired) electrons. The van der Waals surface area contributed by atoms with E-state index in [4.69, 9.17) is 11.6 Å². The molecule has 0 aliphatic carbocycles. The van der Waals surface area contributed by atoms with E-state index in [2.05, 4.69) is 53.3 Å². The van der Waals surface area contributed by atoms with Gasteiger partial charge in [0.15, 0.2) is 0 Å². The molecule has 3 aromatic carbocycles. The average Bonchev–Trinajstić information content (AvgIpc) is 3.15.